The molecule has 1 rings (SSSR count). The topological polar surface area (TPSA) is 95.9 Å². The van der Waals surface area contributed by atoms with E-state index in [0.29, 0.717) is 5.92 Å². The van der Waals surface area contributed by atoms with Crippen molar-refractivity contribution >= 4 is 13.9 Å². The van der Waals surface area contributed by atoms with Gasteiger partial charge in [-0.1, -0.05) is 19.3 Å². The molecule has 16 heavy (non-hydrogen) atoms. The van der Waals surface area contributed by atoms with Crippen LogP contribution in [0.2, 0.25) is 0 Å². The summed E-state index contributed by atoms with van der Waals surface area (Å²) in [5.41, 5.74) is 0. The molecule has 1 atom stereocenters. The van der Waals surface area contributed by atoms with E-state index >= 15 is 0 Å². The summed E-state index contributed by atoms with van der Waals surface area (Å²) in [5, 5.41) is 2.45. The first-order valence-corrected chi connectivity index (χ1v) is 6.97. The molecule has 0 aromatic rings. The van der Waals surface area contributed by atoms with Gasteiger partial charge >= 0.3 is 13.9 Å². The molecule has 7 heteroatoms. The molecule has 0 unspecified atom stereocenters. The Morgan fingerprint density at radius 2 is 1.94 bits per heavy atom. The number of nitrogens with one attached hydrogen (secondary N) is 1. The fourth-order valence-electron chi connectivity index (χ4n) is 2.07. The normalized spacial score (nSPS) is 20.2. The summed E-state index contributed by atoms with van der Waals surface area (Å²) in [6, 6.07) is -0.112. The molecule has 1 saturated carbocycles. The van der Waals surface area contributed by atoms with Gasteiger partial charge in [-0.25, -0.2) is 9.36 Å². The van der Waals surface area contributed by atoms with Crippen LogP contribution in [0, 0.1) is 5.92 Å². The Labute approximate surface area is 94.6 Å². The first-order chi connectivity index (χ1) is 7.38. The van der Waals surface area contributed by atoms with Gasteiger partial charge < -0.3 is 9.84 Å². The average molecular weight is 251 g/mol. The van der Waals surface area contributed by atoms with Gasteiger partial charge in [-0.15, -0.1) is 0 Å². The highest BCUT2D eigenvalue weighted by molar-refractivity contribution is 7.46. The Morgan fingerprint density at radius 1 is 1.38 bits per heavy atom. The van der Waals surface area contributed by atoms with Crippen molar-refractivity contribution in [1.82, 2.24) is 5.32 Å². The van der Waals surface area contributed by atoms with Crippen LogP contribution in [0.5, 0.6) is 0 Å². The number of rotatable bonds is 3. The highest BCUT2D eigenvalue weighted by Gasteiger charge is 2.25. The van der Waals surface area contributed by atoms with Crippen molar-refractivity contribution in [2.24, 2.45) is 5.92 Å². The van der Waals surface area contributed by atoms with Gasteiger partial charge in [-0.05, 0) is 25.7 Å². The molecule has 1 amide bonds. The standard InChI is InChI=1S/C9H18NO5P/c1-7(8-5-3-2-4-6-8)10-9(11)15-16(12,13)14/h7-8H,2-6H2,1H3,(H,10,11)(H2,12,13,14)/t7-/m1/s1. The van der Waals surface area contributed by atoms with Gasteiger partial charge in [-0.2, -0.15) is 0 Å². The number of amides is 1. The van der Waals surface area contributed by atoms with Crippen LogP contribution in [-0.4, -0.2) is 21.9 Å². The van der Waals surface area contributed by atoms with Crippen LogP contribution in [-0.2, 0) is 9.09 Å². The van der Waals surface area contributed by atoms with Crippen LogP contribution >= 0.6 is 7.82 Å². The first-order valence-electron chi connectivity index (χ1n) is 5.44. The van der Waals surface area contributed by atoms with Crippen molar-refractivity contribution in [2.45, 2.75) is 45.1 Å². The van der Waals surface area contributed by atoms with Crippen LogP contribution in [0.25, 0.3) is 0 Å². The fourth-order valence-corrected chi connectivity index (χ4v) is 2.34. The van der Waals surface area contributed by atoms with E-state index < -0.39 is 13.9 Å². The molecule has 0 heterocycles. The predicted octanol–water partition coefficient (Wildman–Crippen LogP) is 1.77. The maximum atomic E-state index is 11.1. The maximum Gasteiger partial charge on any atom is 0.528 e. The molecule has 0 saturated heterocycles. The smallest absolute Gasteiger partial charge is 0.354 e. The lowest BCUT2D eigenvalue weighted by Gasteiger charge is -2.27. The lowest BCUT2D eigenvalue weighted by Crippen LogP contribution is -2.38. The second kappa shape index (κ2) is 5.66. The van der Waals surface area contributed by atoms with Crippen molar-refractivity contribution in [2.75, 3.05) is 0 Å². The van der Waals surface area contributed by atoms with Gasteiger partial charge in [0.1, 0.15) is 0 Å². The molecular weight excluding hydrogens is 233 g/mol. The van der Waals surface area contributed by atoms with Gasteiger partial charge in [0.15, 0.2) is 0 Å². The largest absolute Gasteiger partial charge is 0.528 e. The minimum absolute atomic E-state index is 0.112. The maximum absolute atomic E-state index is 11.1. The van der Waals surface area contributed by atoms with E-state index in [0.717, 1.165) is 25.7 Å². The lowest BCUT2D eigenvalue weighted by molar-refractivity contribution is 0.166. The Balaban J connectivity index is 2.35. The molecule has 0 aliphatic heterocycles. The van der Waals surface area contributed by atoms with E-state index in [2.05, 4.69) is 9.84 Å². The van der Waals surface area contributed by atoms with E-state index in [1.54, 1.807) is 0 Å². The first kappa shape index (κ1) is 13.5. The number of hydrogen-bond donors (Lipinski definition) is 3. The highest BCUT2D eigenvalue weighted by Crippen LogP contribution is 2.36. The minimum atomic E-state index is -4.73. The van der Waals surface area contributed by atoms with Crippen molar-refractivity contribution in [3.8, 4) is 0 Å². The zero-order valence-electron chi connectivity index (χ0n) is 9.26. The predicted molar refractivity (Wildman–Crippen MR) is 57.7 cm³/mol. The van der Waals surface area contributed by atoms with Gasteiger partial charge in [0.25, 0.3) is 0 Å². The summed E-state index contributed by atoms with van der Waals surface area (Å²) >= 11 is 0. The second-order valence-electron chi connectivity index (χ2n) is 4.20. The summed E-state index contributed by atoms with van der Waals surface area (Å²) < 4.78 is 14.3. The number of carbonyl (C=O) groups excluding carboxylic acids is 1. The van der Waals surface area contributed by atoms with E-state index in [-0.39, 0.29) is 6.04 Å². The number of phosphoric acid groups is 1. The van der Waals surface area contributed by atoms with E-state index in [1.807, 2.05) is 6.92 Å². The Morgan fingerprint density at radius 3 is 2.44 bits per heavy atom. The molecule has 6 nitrogen and oxygen atoms in total. The quantitative estimate of drug-likeness (QED) is 0.664. The minimum Gasteiger partial charge on any atom is -0.354 e. The molecular formula is C9H18NO5P. The highest BCUT2D eigenvalue weighted by atomic mass is 31.2. The van der Waals surface area contributed by atoms with Crippen molar-refractivity contribution in [1.29, 1.82) is 0 Å². The third-order valence-electron chi connectivity index (χ3n) is 2.90. The van der Waals surface area contributed by atoms with Crippen LogP contribution < -0.4 is 5.32 Å². The zero-order valence-corrected chi connectivity index (χ0v) is 10.2. The molecule has 0 aromatic carbocycles. The Kier molecular flexibility index (Phi) is 4.77. The molecule has 0 radical (unpaired) electrons. The monoisotopic (exact) mass is 251 g/mol. The second-order valence-corrected chi connectivity index (χ2v) is 5.36. The molecule has 94 valence electrons. The average Bonchev–Trinajstić information content (AvgIpc) is 2.16. The van der Waals surface area contributed by atoms with Gasteiger partial charge in [0, 0.05) is 6.04 Å². The van der Waals surface area contributed by atoms with Crippen LogP contribution in [0.15, 0.2) is 0 Å². The number of phosphoric ester groups is 1. The van der Waals surface area contributed by atoms with Gasteiger partial charge in [0.2, 0.25) is 0 Å². The third kappa shape index (κ3) is 4.96. The molecule has 1 aliphatic rings. The van der Waals surface area contributed by atoms with Crippen molar-refractivity contribution < 1.29 is 23.7 Å². The summed E-state index contributed by atoms with van der Waals surface area (Å²) in [7, 11) is -4.73. The molecule has 0 spiro atoms. The summed E-state index contributed by atoms with van der Waals surface area (Å²) in [6.07, 6.45) is 4.53. The Bertz CT molecular complexity index is 284. The fraction of sp³-hybridized carbons (Fsp3) is 0.889. The van der Waals surface area contributed by atoms with Crippen molar-refractivity contribution in [3.63, 3.8) is 0 Å². The molecule has 0 bridgehead atoms. The third-order valence-corrected chi connectivity index (χ3v) is 3.31. The Hall–Kier alpha value is -0.580. The van der Waals surface area contributed by atoms with E-state index in [1.165, 1.54) is 6.42 Å². The zero-order chi connectivity index (χ0) is 12.2. The molecule has 1 fully saturated rings. The van der Waals surface area contributed by atoms with Gasteiger partial charge in [0.05, 0.1) is 0 Å². The SMILES string of the molecule is C[C@@H](NC(=O)OP(=O)(O)O)C1CCCCC1. The van der Waals surface area contributed by atoms with Crippen molar-refractivity contribution in [3.05, 3.63) is 0 Å². The molecule has 1 aliphatic carbocycles. The number of hydrogen-bond acceptors (Lipinski definition) is 3. The summed E-state index contributed by atoms with van der Waals surface area (Å²) in [6.45, 7) is 1.83. The lowest BCUT2D eigenvalue weighted by atomic mass is 9.85. The summed E-state index contributed by atoms with van der Waals surface area (Å²) in [4.78, 5) is 28.0. The molecule has 0 aromatic heterocycles. The number of carbonyl (C=O) groups is 1. The van der Waals surface area contributed by atoms with Crippen LogP contribution in [0.3, 0.4) is 0 Å². The van der Waals surface area contributed by atoms with Crippen LogP contribution in [0.1, 0.15) is 39.0 Å². The van der Waals surface area contributed by atoms with Gasteiger partial charge in [-0.3, -0.25) is 9.79 Å². The van der Waals surface area contributed by atoms with E-state index in [4.69, 9.17) is 9.79 Å². The van der Waals surface area contributed by atoms with E-state index in [9.17, 15) is 9.36 Å². The van der Waals surface area contributed by atoms with Crippen LogP contribution in [0.4, 0.5) is 4.79 Å². The summed E-state index contributed by atoms with van der Waals surface area (Å²) in [5.74, 6) is 0.373. The molecule has 3 N–H and O–H groups in total.